The molecule has 1 N–H and O–H groups in total. The van der Waals surface area contributed by atoms with E-state index in [0.29, 0.717) is 13.3 Å². The highest BCUT2D eigenvalue weighted by Crippen LogP contribution is 2.32. The van der Waals surface area contributed by atoms with Gasteiger partial charge in [0, 0.05) is 6.42 Å². The Morgan fingerprint density at radius 3 is 1.55 bits per heavy atom. The maximum atomic E-state index is 12.4. The molecular formula is C17H31F3O2. The van der Waals surface area contributed by atoms with Crippen molar-refractivity contribution < 1.29 is 23.1 Å². The van der Waals surface area contributed by atoms with Crippen LogP contribution in [0.5, 0.6) is 0 Å². The predicted molar refractivity (Wildman–Crippen MR) is 82.8 cm³/mol. The SMILES string of the molecule is CCCCCCCCCCCCCC(=O)C(C)(O)C(F)(F)F. The Morgan fingerprint density at radius 1 is 0.818 bits per heavy atom. The number of carbonyl (C=O) groups is 1. The van der Waals surface area contributed by atoms with Crippen LogP contribution in [0.4, 0.5) is 13.2 Å². The Kier molecular flexibility index (Phi) is 10.7. The van der Waals surface area contributed by atoms with Gasteiger partial charge in [-0.15, -0.1) is 0 Å². The van der Waals surface area contributed by atoms with E-state index in [2.05, 4.69) is 6.92 Å². The molecule has 0 radical (unpaired) electrons. The number of halogens is 3. The average Bonchev–Trinajstić information content (AvgIpc) is 2.43. The lowest BCUT2D eigenvalue weighted by atomic mass is 9.95. The highest BCUT2D eigenvalue weighted by atomic mass is 19.4. The van der Waals surface area contributed by atoms with Gasteiger partial charge in [-0.2, -0.15) is 13.2 Å². The maximum absolute atomic E-state index is 12.4. The first-order valence-electron chi connectivity index (χ1n) is 8.56. The number of hydrogen-bond acceptors (Lipinski definition) is 2. The van der Waals surface area contributed by atoms with Crippen LogP contribution in [0.2, 0.25) is 0 Å². The predicted octanol–water partition coefficient (Wildman–Crippen LogP) is 5.57. The lowest BCUT2D eigenvalue weighted by molar-refractivity contribution is -0.244. The minimum atomic E-state index is -4.89. The monoisotopic (exact) mass is 324 g/mol. The smallest absolute Gasteiger partial charge is 0.374 e. The van der Waals surface area contributed by atoms with E-state index in [1.165, 1.54) is 38.5 Å². The molecule has 0 aromatic carbocycles. The van der Waals surface area contributed by atoms with E-state index in [1.807, 2.05) is 0 Å². The van der Waals surface area contributed by atoms with Crippen molar-refractivity contribution in [3.05, 3.63) is 0 Å². The summed E-state index contributed by atoms with van der Waals surface area (Å²) >= 11 is 0. The van der Waals surface area contributed by atoms with Gasteiger partial charge in [-0.25, -0.2) is 0 Å². The Morgan fingerprint density at radius 2 is 1.18 bits per heavy atom. The van der Waals surface area contributed by atoms with E-state index in [0.717, 1.165) is 25.7 Å². The van der Waals surface area contributed by atoms with Crippen molar-refractivity contribution in [2.75, 3.05) is 0 Å². The first-order chi connectivity index (χ1) is 10.2. The number of alkyl halides is 3. The lowest BCUT2D eigenvalue weighted by Gasteiger charge is -2.24. The molecule has 0 aliphatic rings. The Bertz CT molecular complexity index is 299. The van der Waals surface area contributed by atoms with Gasteiger partial charge in [0.25, 0.3) is 0 Å². The molecule has 0 bridgehead atoms. The number of aliphatic hydroxyl groups is 1. The Balaban J connectivity index is 3.52. The maximum Gasteiger partial charge on any atom is 0.424 e. The quantitative estimate of drug-likeness (QED) is 0.450. The number of rotatable bonds is 13. The largest absolute Gasteiger partial charge is 0.424 e. The summed E-state index contributed by atoms with van der Waals surface area (Å²) in [5.41, 5.74) is -3.20. The van der Waals surface area contributed by atoms with Gasteiger partial charge in [0.05, 0.1) is 0 Å². The van der Waals surface area contributed by atoms with Crippen LogP contribution in [0.1, 0.15) is 90.9 Å². The summed E-state index contributed by atoms with van der Waals surface area (Å²) in [6.45, 7) is 2.73. The van der Waals surface area contributed by atoms with Crippen molar-refractivity contribution in [1.82, 2.24) is 0 Å². The van der Waals surface area contributed by atoms with Crippen LogP contribution in [0.25, 0.3) is 0 Å². The van der Waals surface area contributed by atoms with Crippen LogP contribution in [0.15, 0.2) is 0 Å². The molecular weight excluding hydrogens is 293 g/mol. The number of ketones is 1. The third-order valence-corrected chi connectivity index (χ3v) is 4.10. The molecule has 0 heterocycles. The third-order valence-electron chi connectivity index (χ3n) is 4.10. The highest BCUT2D eigenvalue weighted by molar-refractivity contribution is 5.87. The second-order valence-corrected chi connectivity index (χ2v) is 6.28. The molecule has 0 saturated carbocycles. The third kappa shape index (κ3) is 8.76. The second-order valence-electron chi connectivity index (χ2n) is 6.28. The zero-order valence-corrected chi connectivity index (χ0v) is 14.0. The molecule has 22 heavy (non-hydrogen) atoms. The summed E-state index contributed by atoms with van der Waals surface area (Å²) in [5, 5.41) is 9.21. The fourth-order valence-electron chi connectivity index (χ4n) is 2.35. The van der Waals surface area contributed by atoms with Gasteiger partial charge in [-0.3, -0.25) is 4.79 Å². The van der Waals surface area contributed by atoms with Gasteiger partial charge >= 0.3 is 6.18 Å². The fourth-order valence-corrected chi connectivity index (χ4v) is 2.35. The molecule has 0 fully saturated rings. The van der Waals surface area contributed by atoms with Crippen LogP contribution < -0.4 is 0 Å². The van der Waals surface area contributed by atoms with E-state index in [-0.39, 0.29) is 6.42 Å². The first-order valence-corrected chi connectivity index (χ1v) is 8.56. The molecule has 1 atom stereocenters. The summed E-state index contributed by atoms with van der Waals surface area (Å²) in [4.78, 5) is 11.4. The standard InChI is InChI=1S/C17H31F3O2/c1-3-4-5-6-7-8-9-10-11-12-13-14-15(21)16(2,22)17(18,19)20/h22H,3-14H2,1-2H3. The Hall–Kier alpha value is -0.580. The van der Waals surface area contributed by atoms with Gasteiger partial charge in [-0.05, 0) is 13.3 Å². The van der Waals surface area contributed by atoms with Crippen LogP contribution in [0, 0.1) is 0 Å². The molecule has 1 unspecified atom stereocenters. The van der Waals surface area contributed by atoms with Crippen LogP contribution in [-0.4, -0.2) is 22.7 Å². The minimum Gasteiger partial charge on any atom is -0.374 e. The number of hydrogen-bond donors (Lipinski definition) is 1. The molecule has 2 nitrogen and oxygen atoms in total. The van der Waals surface area contributed by atoms with Crippen LogP contribution in [-0.2, 0) is 4.79 Å². The Labute approximate surface area is 132 Å². The van der Waals surface area contributed by atoms with E-state index in [9.17, 15) is 23.1 Å². The molecule has 0 aliphatic heterocycles. The molecule has 132 valence electrons. The van der Waals surface area contributed by atoms with Crippen molar-refractivity contribution in [2.24, 2.45) is 0 Å². The molecule has 0 aromatic heterocycles. The van der Waals surface area contributed by atoms with E-state index in [1.54, 1.807) is 0 Å². The summed E-state index contributed by atoms with van der Waals surface area (Å²) < 4.78 is 37.3. The molecule has 0 amide bonds. The normalized spacial score (nSPS) is 14.8. The van der Waals surface area contributed by atoms with Gasteiger partial charge in [0.2, 0.25) is 5.60 Å². The molecule has 5 heteroatoms. The minimum absolute atomic E-state index is 0.205. The number of carbonyl (C=O) groups excluding carboxylic acids is 1. The molecule has 0 saturated heterocycles. The number of Topliss-reactive ketones (excluding diaryl/α,β-unsaturated/α-hetero) is 1. The number of unbranched alkanes of at least 4 members (excludes halogenated alkanes) is 10. The van der Waals surface area contributed by atoms with Gasteiger partial charge in [0.1, 0.15) is 0 Å². The second kappa shape index (κ2) is 11.0. The first kappa shape index (κ1) is 21.4. The van der Waals surface area contributed by atoms with E-state index in [4.69, 9.17) is 0 Å². The van der Waals surface area contributed by atoms with Gasteiger partial charge in [-0.1, -0.05) is 71.1 Å². The van der Waals surface area contributed by atoms with E-state index >= 15 is 0 Å². The molecule has 0 aromatic rings. The lowest BCUT2D eigenvalue weighted by Crippen LogP contribution is -2.49. The van der Waals surface area contributed by atoms with Crippen LogP contribution >= 0.6 is 0 Å². The van der Waals surface area contributed by atoms with Crippen molar-refractivity contribution in [1.29, 1.82) is 0 Å². The topological polar surface area (TPSA) is 37.3 Å². The summed E-state index contributed by atoms with van der Waals surface area (Å²) in [5.74, 6) is -1.13. The van der Waals surface area contributed by atoms with Gasteiger partial charge in [0.15, 0.2) is 5.78 Å². The van der Waals surface area contributed by atoms with Crippen molar-refractivity contribution in [2.45, 2.75) is 103 Å². The molecule has 0 rings (SSSR count). The van der Waals surface area contributed by atoms with Crippen molar-refractivity contribution in [3.8, 4) is 0 Å². The fraction of sp³-hybridized carbons (Fsp3) is 0.941. The average molecular weight is 324 g/mol. The van der Waals surface area contributed by atoms with E-state index < -0.39 is 17.6 Å². The molecule has 0 aliphatic carbocycles. The zero-order valence-electron chi connectivity index (χ0n) is 14.0. The summed E-state index contributed by atoms with van der Waals surface area (Å²) in [6, 6.07) is 0. The zero-order chi connectivity index (χ0) is 17.1. The molecule has 0 spiro atoms. The summed E-state index contributed by atoms with van der Waals surface area (Å²) in [7, 11) is 0. The van der Waals surface area contributed by atoms with Crippen LogP contribution in [0.3, 0.4) is 0 Å². The van der Waals surface area contributed by atoms with Crippen molar-refractivity contribution in [3.63, 3.8) is 0 Å². The summed E-state index contributed by atoms with van der Waals surface area (Å²) in [6.07, 6.45) is 6.84. The highest BCUT2D eigenvalue weighted by Gasteiger charge is 2.54. The van der Waals surface area contributed by atoms with Gasteiger partial charge < -0.3 is 5.11 Å². The van der Waals surface area contributed by atoms with Crippen molar-refractivity contribution >= 4 is 5.78 Å².